The number of nitrogens with one attached hydrogen (secondary N) is 2. The molecule has 6 nitrogen and oxygen atoms in total. The Morgan fingerprint density at radius 3 is 2.88 bits per heavy atom. The molecule has 0 spiro atoms. The number of carbonyl (C=O) groups is 1. The molecule has 0 bridgehead atoms. The van der Waals surface area contributed by atoms with Crippen molar-refractivity contribution in [1.82, 2.24) is 20.6 Å². The van der Waals surface area contributed by atoms with Gasteiger partial charge in [0.05, 0.1) is 6.20 Å². The van der Waals surface area contributed by atoms with Crippen LogP contribution in [0.15, 0.2) is 19.0 Å². The van der Waals surface area contributed by atoms with E-state index in [1.54, 1.807) is 44.0 Å². The summed E-state index contributed by atoms with van der Waals surface area (Å²) in [4.78, 5) is 11.3. The van der Waals surface area contributed by atoms with E-state index in [0.29, 0.717) is 6.54 Å². The van der Waals surface area contributed by atoms with E-state index in [9.17, 15) is 4.79 Å². The summed E-state index contributed by atoms with van der Waals surface area (Å²) in [5, 5.41) is 4.01. The molecule has 0 saturated carbocycles. The maximum Gasteiger partial charge on any atom is 0.422 e. The van der Waals surface area contributed by atoms with Crippen LogP contribution in [0, 0.1) is 0 Å². The van der Waals surface area contributed by atoms with Crippen molar-refractivity contribution in [3.05, 3.63) is 24.5 Å². The number of ether oxygens (including phenoxy) is 1. The second kappa shape index (κ2) is 5.49. The topological polar surface area (TPSA) is 68.2 Å². The van der Waals surface area contributed by atoms with Crippen molar-refractivity contribution in [1.29, 1.82) is 0 Å². The largest absolute Gasteiger partial charge is 0.443 e. The summed E-state index contributed by atoms with van der Waals surface area (Å²) in [6, 6.07) is 0. The van der Waals surface area contributed by atoms with E-state index >= 15 is 0 Å². The van der Waals surface area contributed by atoms with Gasteiger partial charge in [0.15, 0.2) is 0 Å². The van der Waals surface area contributed by atoms with Crippen molar-refractivity contribution in [3.8, 4) is 0 Å². The number of carbonyl (C=O) groups excluding carboxylic acids is 1. The third kappa shape index (κ3) is 5.17. The predicted octanol–water partition coefficient (Wildman–Crippen LogP) is 1.51. The summed E-state index contributed by atoms with van der Waals surface area (Å²) < 4.78 is 6.64. The van der Waals surface area contributed by atoms with Gasteiger partial charge in [0, 0.05) is 24.5 Å². The van der Waals surface area contributed by atoms with E-state index in [1.165, 1.54) is 0 Å². The van der Waals surface area contributed by atoms with E-state index < -0.39 is 11.7 Å². The molecule has 0 aliphatic carbocycles. The molecule has 0 saturated heterocycles. The van der Waals surface area contributed by atoms with Gasteiger partial charge in [-0.1, -0.05) is 6.58 Å². The lowest BCUT2D eigenvalue weighted by atomic mass is 10.2. The Morgan fingerprint density at radius 2 is 2.35 bits per heavy atom. The first kappa shape index (κ1) is 13.2. The fraction of sp³-hybridized carbons (Fsp3) is 0.455. The van der Waals surface area contributed by atoms with Gasteiger partial charge in [0.25, 0.3) is 0 Å². The van der Waals surface area contributed by atoms with Crippen molar-refractivity contribution in [3.63, 3.8) is 0 Å². The van der Waals surface area contributed by atoms with Crippen LogP contribution in [0.5, 0.6) is 0 Å². The number of aromatic nitrogens is 2. The van der Waals surface area contributed by atoms with E-state index in [2.05, 4.69) is 22.5 Å². The van der Waals surface area contributed by atoms with Crippen molar-refractivity contribution in [2.75, 3.05) is 0 Å². The first-order valence-electron chi connectivity index (χ1n) is 5.28. The van der Waals surface area contributed by atoms with E-state index in [0.717, 1.165) is 5.56 Å². The molecule has 1 heterocycles. The fourth-order valence-corrected chi connectivity index (χ4v) is 1.09. The number of hydrogen-bond donors (Lipinski definition) is 2. The Labute approximate surface area is 101 Å². The maximum absolute atomic E-state index is 11.3. The zero-order valence-electron chi connectivity index (χ0n) is 10.4. The summed E-state index contributed by atoms with van der Waals surface area (Å²) in [6.07, 6.45) is 4.57. The van der Waals surface area contributed by atoms with Gasteiger partial charge in [-0.15, -0.1) is 0 Å². The predicted molar refractivity (Wildman–Crippen MR) is 64.8 cm³/mol. The quantitative estimate of drug-likeness (QED) is 0.780. The minimum atomic E-state index is -0.506. The Kier molecular flexibility index (Phi) is 4.28. The zero-order valence-corrected chi connectivity index (χ0v) is 10.4. The van der Waals surface area contributed by atoms with Gasteiger partial charge in [0.2, 0.25) is 0 Å². The van der Waals surface area contributed by atoms with Gasteiger partial charge in [-0.25, -0.2) is 14.9 Å². The van der Waals surface area contributed by atoms with Gasteiger partial charge < -0.3 is 4.74 Å². The summed E-state index contributed by atoms with van der Waals surface area (Å²) in [6.45, 7) is 9.47. The third-order valence-corrected chi connectivity index (χ3v) is 1.72. The van der Waals surface area contributed by atoms with Crippen LogP contribution in [0.25, 0.3) is 6.20 Å². The highest BCUT2D eigenvalue weighted by atomic mass is 16.6. The lowest BCUT2D eigenvalue weighted by Gasteiger charge is -2.19. The number of rotatable bonds is 4. The lowest BCUT2D eigenvalue weighted by molar-refractivity contribution is 0.0497. The molecule has 1 rings (SSSR count). The highest BCUT2D eigenvalue weighted by Crippen LogP contribution is 2.05. The van der Waals surface area contributed by atoms with Crippen LogP contribution in [0.3, 0.4) is 0 Å². The van der Waals surface area contributed by atoms with Crippen molar-refractivity contribution >= 4 is 12.3 Å². The van der Waals surface area contributed by atoms with E-state index in [1.807, 2.05) is 0 Å². The Hall–Kier alpha value is -1.82. The van der Waals surface area contributed by atoms with Crippen LogP contribution in [0.1, 0.15) is 26.3 Å². The summed E-state index contributed by atoms with van der Waals surface area (Å²) in [5.74, 6) is 0. The minimum absolute atomic E-state index is 0.465. The molecule has 0 fully saturated rings. The number of nitrogens with zero attached hydrogens (tertiary/aromatic N) is 2. The monoisotopic (exact) mass is 238 g/mol. The van der Waals surface area contributed by atoms with Gasteiger partial charge in [-0.2, -0.15) is 5.10 Å². The highest BCUT2D eigenvalue weighted by Gasteiger charge is 2.15. The van der Waals surface area contributed by atoms with Crippen LogP contribution in [-0.2, 0) is 11.3 Å². The van der Waals surface area contributed by atoms with Crippen molar-refractivity contribution < 1.29 is 9.53 Å². The van der Waals surface area contributed by atoms with Crippen LogP contribution in [0.2, 0.25) is 0 Å². The SMILES string of the molecule is C=Cn1cc(CNNC(=O)OC(C)(C)C)cn1. The Morgan fingerprint density at radius 1 is 1.65 bits per heavy atom. The van der Waals surface area contributed by atoms with Crippen LogP contribution >= 0.6 is 0 Å². The molecule has 1 aromatic rings. The summed E-state index contributed by atoms with van der Waals surface area (Å²) >= 11 is 0. The molecular formula is C11H18N4O2. The maximum atomic E-state index is 11.3. The molecule has 0 radical (unpaired) electrons. The third-order valence-electron chi connectivity index (χ3n) is 1.72. The Balaban J connectivity index is 2.28. The first-order valence-corrected chi connectivity index (χ1v) is 5.28. The van der Waals surface area contributed by atoms with Crippen LogP contribution in [-0.4, -0.2) is 21.5 Å². The molecule has 6 heteroatoms. The van der Waals surface area contributed by atoms with Crippen molar-refractivity contribution in [2.45, 2.75) is 32.9 Å². The molecule has 0 aliphatic heterocycles. The molecule has 0 atom stereocenters. The van der Waals surface area contributed by atoms with Gasteiger partial charge in [-0.05, 0) is 20.8 Å². The Bertz CT molecular complexity index is 392. The van der Waals surface area contributed by atoms with Gasteiger partial charge >= 0.3 is 6.09 Å². The van der Waals surface area contributed by atoms with Crippen LogP contribution < -0.4 is 10.9 Å². The van der Waals surface area contributed by atoms with Crippen molar-refractivity contribution in [2.24, 2.45) is 0 Å². The van der Waals surface area contributed by atoms with E-state index in [4.69, 9.17) is 4.74 Å². The van der Waals surface area contributed by atoms with Gasteiger partial charge in [-0.3, -0.25) is 5.43 Å². The minimum Gasteiger partial charge on any atom is -0.443 e. The normalized spacial score (nSPS) is 11.0. The average Bonchev–Trinajstić information content (AvgIpc) is 2.63. The van der Waals surface area contributed by atoms with E-state index in [-0.39, 0.29) is 0 Å². The molecule has 0 unspecified atom stereocenters. The van der Waals surface area contributed by atoms with Crippen LogP contribution in [0.4, 0.5) is 4.79 Å². The molecule has 94 valence electrons. The molecule has 17 heavy (non-hydrogen) atoms. The molecule has 0 aromatic carbocycles. The molecule has 1 aromatic heterocycles. The number of amides is 1. The highest BCUT2D eigenvalue weighted by molar-refractivity contribution is 5.66. The standard InChI is InChI=1S/C11H18N4O2/c1-5-15-8-9(7-13-15)6-12-14-10(16)17-11(2,3)4/h5,7-8,12H,1,6H2,2-4H3,(H,14,16). The number of hydrazine groups is 1. The molecular weight excluding hydrogens is 220 g/mol. The number of hydrogen-bond acceptors (Lipinski definition) is 4. The second-order valence-corrected chi connectivity index (χ2v) is 4.49. The fourth-order valence-electron chi connectivity index (χ4n) is 1.09. The first-order chi connectivity index (χ1) is 7.90. The zero-order chi connectivity index (χ0) is 12.9. The van der Waals surface area contributed by atoms with Gasteiger partial charge in [0.1, 0.15) is 5.60 Å². The summed E-state index contributed by atoms with van der Waals surface area (Å²) in [5.41, 5.74) is 5.62. The summed E-state index contributed by atoms with van der Waals surface area (Å²) in [7, 11) is 0. The molecule has 1 amide bonds. The molecule has 0 aliphatic rings. The second-order valence-electron chi connectivity index (χ2n) is 4.49. The molecule has 2 N–H and O–H groups in total. The average molecular weight is 238 g/mol. The smallest absolute Gasteiger partial charge is 0.422 e. The lowest BCUT2D eigenvalue weighted by Crippen LogP contribution is -2.40.